The van der Waals surface area contributed by atoms with Crippen molar-refractivity contribution in [1.29, 1.82) is 0 Å². The van der Waals surface area contributed by atoms with Gasteiger partial charge in [-0.2, -0.15) is 0 Å². The molecule has 0 atom stereocenters. The van der Waals surface area contributed by atoms with Crippen molar-refractivity contribution in [2.75, 3.05) is 20.3 Å². The molecule has 0 aliphatic heterocycles. The van der Waals surface area contributed by atoms with Crippen LogP contribution in [0.15, 0.2) is 42.6 Å². The number of carbonyl (C=O) groups is 2. The Balaban J connectivity index is 1.73. The van der Waals surface area contributed by atoms with Crippen molar-refractivity contribution in [2.24, 2.45) is 7.05 Å². The summed E-state index contributed by atoms with van der Waals surface area (Å²) in [6, 6.07) is 11.0. The number of amides is 1. The van der Waals surface area contributed by atoms with E-state index in [0.29, 0.717) is 18.7 Å². The van der Waals surface area contributed by atoms with Crippen LogP contribution in [0.2, 0.25) is 0 Å². The van der Waals surface area contributed by atoms with Gasteiger partial charge in [0.1, 0.15) is 11.4 Å². The van der Waals surface area contributed by atoms with Crippen molar-refractivity contribution < 1.29 is 19.1 Å². The minimum Gasteiger partial charge on any atom is -0.496 e. The lowest BCUT2D eigenvalue weighted by atomic mass is 10.1. The molecule has 6 heteroatoms. The van der Waals surface area contributed by atoms with Gasteiger partial charge in [0.2, 0.25) is 0 Å². The monoisotopic (exact) mass is 316 g/mol. The zero-order valence-corrected chi connectivity index (χ0v) is 13.2. The normalized spacial score (nSPS) is 10.2. The molecule has 2 rings (SSSR count). The van der Waals surface area contributed by atoms with E-state index >= 15 is 0 Å². The summed E-state index contributed by atoms with van der Waals surface area (Å²) in [4.78, 5) is 23.5. The minimum atomic E-state index is -0.516. The maximum Gasteiger partial charge on any atom is 0.355 e. The van der Waals surface area contributed by atoms with E-state index in [1.54, 1.807) is 37.1 Å². The Bertz CT molecular complexity index is 679. The first-order valence-corrected chi connectivity index (χ1v) is 7.29. The number of nitrogens with one attached hydrogen (secondary N) is 1. The van der Waals surface area contributed by atoms with E-state index in [1.807, 2.05) is 24.3 Å². The van der Waals surface area contributed by atoms with Crippen LogP contribution in [0, 0.1) is 0 Å². The summed E-state index contributed by atoms with van der Waals surface area (Å²) in [5.74, 6) is -0.0586. The maximum atomic E-state index is 11.8. The molecule has 0 spiro atoms. The van der Waals surface area contributed by atoms with E-state index in [2.05, 4.69) is 5.32 Å². The molecule has 1 heterocycles. The third kappa shape index (κ3) is 4.60. The fraction of sp³-hybridized carbons (Fsp3) is 0.294. The maximum absolute atomic E-state index is 11.8. The van der Waals surface area contributed by atoms with Crippen molar-refractivity contribution in [1.82, 2.24) is 9.88 Å². The number of ether oxygens (including phenoxy) is 2. The van der Waals surface area contributed by atoms with Gasteiger partial charge >= 0.3 is 5.97 Å². The van der Waals surface area contributed by atoms with Gasteiger partial charge in [0.05, 0.1) is 7.11 Å². The Kier molecular flexibility index (Phi) is 5.80. The molecule has 6 nitrogen and oxygen atoms in total. The van der Waals surface area contributed by atoms with Crippen LogP contribution in [0.25, 0.3) is 0 Å². The number of esters is 1. The van der Waals surface area contributed by atoms with Gasteiger partial charge in [-0.05, 0) is 30.2 Å². The zero-order chi connectivity index (χ0) is 16.7. The molecule has 0 saturated carbocycles. The predicted molar refractivity (Wildman–Crippen MR) is 85.4 cm³/mol. The summed E-state index contributed by atoms with van der Waals surface area (Å²) in [7, 11) is 3.35. The highest BCUT2D eigenvalue weighted by Crippen LogP contribution is 2.17. The van der Waals surface area contributed by atoms with Gasteiger partial charge in [-0.25, -0.2) is 4.79 Å². The number of rotatable bonds is 7. The average Bonchev–Trinajstić information content (AvgIpc) is 2.99. The van der Waals surface area contributed by atoms with E-state index < -0.39 is 5.97 Å². The van der Waals surface area contributed by atoms with E-state index in [4.69, 9.17) is 9.47 Å². The van der Waals surface area contributed by atoms with Gasteiger partial charge in [-0.1, -0.05) is 18.2 Å². The highest BCUT2D eigenvalue weighted by Gasteiger charge is 2.12. The fourth-order valence-corrected chi connectivity index (χ4v) is 2.18. The molecule has 1 aromatic carbocycles. The molecule has 0 fully saturated rings. The van der Waals surface area contributed by atoms with Crippen molar-refractivity contribution in [3.05, 3.63) is 53.9 Å². The lowest BCUT2D eigenvalue weighted by Crippen LogP contribution is -2.30. The molecule has 23 heavy (non-hydrogen) atoms. The number of hydrogen-bond acceptors (Lipinski definition) is 4. The lowest BCUT2D eigenvalue weighted by Gasteiger charge is -2.09. The smallest absolute Gasteiger partial charge is 0.355 e. The number of aryl methyl sites for hydroxylation is 1. The largest absolute Gasteiger partial charge is 0.496 e. The Morgan fingerprint density at radius 3 is 2.65 bits per heavy atom. The van der Waals surface area contributed by atoms with E-state index in [0.717, 1.165) is 11.3 Å². The molecule has 0 bridgehead atoms. The first kappa shape index (κ1) is 16.6. The third-order valence-corrected chi connectivity index (χ3v) is 3.40. The van der Waals surface area contributed by atoms with Gasteiger partial charge in [0.15, 0.2) is 6.61 Å². The lowest BCUT2D eigenvalue weighted by molar-refractivity contribution is -0.124. The molecular weight excluding hydrogens is 296 g/mol. The number of para-hydroxylation sites is 1. The van der Waals surface area contributed by atoms with Crippen LogP contribution in [0.3, 0.4) is 0 Å². The SMILES string of the molecule is COc1ccccc1CCNC(=O)COC(=O)c1cccn1C. The summed E-state index contributed by atoms with van der Waals surface area (Å²) in [6.45, 7) is 0.150. The average molecular weight is 316 g/mol. The predicted octanol–water partition coefficient (Wildman–Crippen LogP) is 1.55. The Morgan fingerprint density at radius 2 is 1.96 bits per heavy atom. The van der Waals surface area contributed by atoms with Gasteiger partial charge in [-0.15, -0.1) is 0 Å². The number of nitrogens with zero attached hydrogens (tertiary/aromatic N) is 1. The molecule has 0 aliphatic rings. The van der Waals surface area contributed by atoms with Crippen LogP contribution in [-0.2, 0) is 23.0 Å². The topological polar surface area (TPSA) is 69.6 Å². The minimum absolute atomic E-state index is 0.296. The molecule has 2 aromatic rings. The summed E-state index contributed by atoms with van der Waals surface area (Å²) in [5, 5.41) is 2.72. The van der Waals surface area contributed by atoms with E-state index in [-0.39, 0.29) is 12.5 Å². The van der Waals surface area contributed by atoms with Gasteiger partial charge in [-0.3, -0.25) is 4.79 Å². The summed E-state index contributed by atoms with van der Waals surface area (Å²) < 4.78 is 11.9. The van der Waals surface area contributed by atoms with Gasteiger partial charge < -0.3 is 19.4 Å². The molecule has 0 saturated heterocycles. The third-order valence-electron chi connectivity index (χ3n) is 3.40. The van der Waals surface area contributed by atoms with Gasteiger partial charge in [0, 0.05) is 19.8 Å². The fourth-order valence-electron chi connectivity index (χ4n) is 2.18. The summed E-state index contributed by atoms with van der Waals surface area (Å²) >= 11 is 0. The molecule has 1 N–H and O–H groups in total. The van der Waals surface area contributed by atoms with Crippen LogP contribution in [0.5, 0.6) is 5.75 Å². The number of carbonyl (C=O) groups excluding carboxylic acids is 2. The highest BCUT2D eigenvalue weighted by molar-refractivity contribution is 5.89. The first-order chi connectivity index (χ1) is 11.1. The van der Waals surface area contributed by atoms with E-state index in [9.17, 15) is 9.59 Å². The van der Waals surface area contributed by atoms with Crippen LogP contribution in [0.1, 0.15) is 16.1 Å². The van der Waals surface area contributed by atoms with E-state index in [1.165, 1.54) is 0 Å². The van der Waals surface area contributed by atoms with Crippen molar-refractivity contribution >= 4 is 11.9 Å². The highest BCUT2D eigenvalue weighted by atomic mass is 16.5. The Morgan fingerprint density at radius 1 is 1.17 bits per heavy atom. The standard InChI is InChI=1S/C17H20N2O4/c1-19-11-5-7-14(19)17(21)23-12-16(20)18-10-9-13-6-3-4-8-15(13)22-2/h3-8,11H,9-10,12H2,1-2H3,(H,18,20). The number of hydrogen-bond donors (Lipinski definition) is 1. The molecule has 1 aromatic heterocycles. The van der Waals surface area contributed by atoms with Crippen molar-refractivity contribution in [3.8, 4) is 5.75 Å². The molecule has 1 amide bonds. The Labute approximate surface area is 135 Å². The van der Waals surface area contributed by atoms with Crippen LogP contribution in [-0.4, -0.2) is 36.7 Å². The second kappa shape index (κ2) is 8.03. The quantitative estimate of drug-likeness (QED) is 0.787. The Hall–Kier alpha value is -2.76. The summed E-state index contributed by atoms with van der Waals surface area (Å²) in [5.41, 5.74) is 1.42. The molecule has 0 aliphatic carbocycles. The zero-order valence-electron chi connectivity index (χ0n) is 13.2. The number of aromatic nitrogens is 1. The van der Waals surface area contributed by atoms with Crippen molar-refractivity contribution in [2.45, 2.75) is 6.42 Å². The van der Waals surface area contributed by atoms with Crippen LogP contribution >= 0.6 is 0 Å². The summed E-state index contributed by atoms with van der Waals surface area (Å²) in [6.07, 6.45) is 2.38. The van der Waals surface area contributed by atoms with Crippen LogP contribution < -0.4 is 10.1 Å². The first-order valence-electron chi connectivity index (χ1n) is 7.29. The molecule has 0 unspecified atom stereocenters. The molecular formula is C17H20N2O4. The van der Waals surface area contributed by atoms with Crippen LogP contribution in [0.4, 0.5) is 0 Å². The van der Waals surface area contributed by atoms with Crippen molar-refractivity contribution in [3.63, 3.8) is 0 Å². The molecule has 0 radical (unpaired) electrons. The number of methoxy groups -OCH3 is 1. The van der Waals surface area contributed by atoms with Gasteiger partial charge in [0.25, 0.3) is 5.91 Å². The number of benzene rings is 1. The second-order valence-corrected chi connectivity index (χ2v) is 4.99. The second-order valence-electron chi connectivity index (χ2n) is 4.99. The molecule has 122 valence electrons.